The molecule has 0 spiro atoms. The topological polar surface area (TPSA) is 41.6 Å². The van der Waals surface area contributed by atoms with Crippen molar-refractivity contribution in [3.8, 4) is 0 Å². The van der Waals surface area contributed by atoms with Gasteiger partial charge in [0.25, 0.3) is 0 Å². The Morgan fingerprint density at radius 2 is 1.90 bits per heavy atom. The van der Waals surface area contributed by atoms with Crippen molar-refractivity contribution < 1.29 is 9.53 Å². The second kappa shape index (κ2) is 7.90. The Morgan fingerprint density at radius 3 is 2.50 bits per heavy atom. The van der Waals surface area contributed by atoms with Crippen LogP contribution in [0, 0.1) is 0 Å². The third-order valence-corrected chi connectivity index (χ3v) is 2.73. The maximum absolute atomic E-state index is 11.5. The molecule has 0 saturated heterocycles. The molecule has 112 valence electrons. The molecule has 4 nitrogen and oxygen atoms in total. The summed E-state index contributed by atoms with van der Waals surface area (Å²) < 4.78 is 5.22. The molecule has 0 fully saturated rings. The average Bonchev–Trinajstić information content (AvgIpc) is 2.37. The smallest absolute Gasteiger partial charge is 0.320 e. The number of ether oxygens (including phenoxy) is 1. The van der Waals surface area contributed by atoms with E-state index in [0.717, 1.165) is 19.5 Å². The minimum absolute atomic E-state index is 0.200. The van der Waals surface area contributed by atoms with Gasteiger partial charge in [0.05, 0.1) is 6.54 Å². The Morgan fingerprint density at radius 1 is 1.25 bits per heavy atom. The maximum Gasteiger partial charge on any atom is 0.320 e. The summed E-state index contributed by atoms with van der Waals surface area (Å²) in [6.45, 7) is 7.65. The molecule has 0 saturated carbocycles. The van der Waals surface area contributed by atoms with Gasteiger partial charge in [-0.3, -0.25) is 4.79 Å². The first-order valence-corrected chi connectivity index (χ1v) is 7.07. The number of carbonyl (C=O) groups excluding carboxylic acids is 1. The van der Waals surface area contributed by atoms with Gasteiger partial charge in [-0.25, -0.2) is 0 Å². The van der Waals surface area contributed by atoms with Gasteiger partial charge in [-0.1, -0.05) is 18.2 Å². The highest BCUT2D eigenvalue weighted by Crippen LogP contribution is 2.10. The quantitative estimate of drug-likeness (QED) is 0.614. The summed E-state index contributed by atoms with van der Waals surface area (Å²) in [5.41, 5.74) is 0.798. The molecule has 1 aromatic rings. The summed E-state index contributed by atoms with van der Waals surface area (Å²) in [7, 11) is 2.07. The summed E-state index contributed by atoms with van der Waals surface area (Å²) in [5.74, 6) is -0.200. The minimum atomic E-state index is -0.410. The van der Waals surface area contributed by atoms with Crippen LogP contribution < -0.4 is 10.2 Å². The van der Waals surface area contributed by atoms with E-state index in [2.05, 4.69) is 29.4 Å². The van der Waals surface area contributed by atoms with Gasteiger partial charge < -0.3 is 15.0 Å². The summed E-state index contributed by atoms with van der Waals surface area (Å²) in [6, 6.07) is 10.3. The van der Waals surface area contributed by atoms with E-state index in [4.69, 9.17) is 4.74 Å². The number of nitrogens with zero attached hydrogens (tertiary/aromatic N) is 1. The van der Waals surface area contributed by atoms with Crippen molar-refractivity contribution >= 4 is 11.7 Å². The van der Waals surface area contributed by atoms with E-state index in [1.54, 1.807) is 0 Å². The molecule has 0 aliphatic rings. The zero-order valence-corrected chi connectivity index (χ0v) is 13.0. The molecule has 0 heterocycles. The molecule has 1 aromatic carbocycles. The predicted molar refractivity (Wildman–Crippen MR) is 83.0 cm³/mol. The van der Waals surface area contributed by atoms with Crippen LogP contribution in [0.5, 0.6) is 0 Å². The monoisotopic (exact) mass is 278 g/mol. The zero-order chi connectivity index (χ0) is 15.0. The molecule has 0 aromatic heterocycles. The third-order valence-electron chi connectivity index (χ3n) is 2.73. The summed E-state index contributed by atoms with van der Waals surface area (Å²) in [5, 5.41) is 3.11. The van der Waals surface area contributed by atoms with Crippen molar-refractivity contribution in [2.24, 2.45) is 0 Å². The molecule has 0 aliphatic carbocycles. The van der Waals surface area contributed by atoms with E-state index in [0.29, 0.717) is 0 Å². The van der Waals surface area contributed by atoms with Crippen LogP contribution in [0.2, 0.25) is 0 Å². The average molecular weight is 278 g/mol. The molecule has 0 radical (unpaired) electrons. The molecule has 0 bridgehead atoms. The van der Waals surface area contributed by atoms with Gasteiger partial charge in [-0.2, -0.15) is 0 Å². The number of hydrogen-bond acceptors (Lipinski definition) is 4. The van der Waals surface area contributed by atoms with Gasteiger partial charge in [-0.15, -0.1) is 0 Å². The molecule has 0 atom stereocenters. The fourth-order valence-electron chi connectivity index (χ4n) is 1.82. The first kappa shape index (κ1) is 16.5. The van der Waals surface area contributed by atoms with Crippen LogP contribution in [0.15, 0.2) is 30.3 Å². The Hall–Kier alpha value is -1.55. The molecule has 1 rings (SSSR count). The van der Waals surface area contributed by atoms with Crippen molar-refractivity contribution in [2.75, 3.05) is 31.6 Å². The summed E-state index contributed by atoms with van der Waals surface area (Å²) in [6.07, 6.45) is 0.980. The van der Waals surface area contributed by atoms with Gasteiger partial charge in [0.1, 0.15) is 5.60 Å². The predicted octanol–water partition coefficient (Wildman–Crippen LogP) is 2.44. The first-order chi connectivity index (χ1) is 9.38. The highest BCUT2D eigenvalue weighted by molar-refractivity contribution is 5.72. The number of esters is 1. The van der Waals surface area contributed by atoms with E-state index in [9.17, 15) is 4.79 Å². The standard InChI is InChI=1S/C16H26N2O2/c1-16(2,3)20-15(19)13-17-11-8-12-18(4)14-9-6-5-7-10-14/h5-7,9-10,17H,8,11-13H2,1-4H3. The van der Waals surface area contributed by atoms with Gasteiger partial charge in [0.2, 0.25) is 0 Å². The normalized spacial score (nSPS) is 11.2. The van der Waals surface area contributed by atoms with Crippen LogP contribution in [-0.2, 0) is 9.53 Å². The van der Waals surface area contributed by atoms with Crippen LogP contribution in [-0.4, -0.2) is 38.3 Å². The van der Waals surface area contributed by atoms with E-state index < -0.39 is 5.60 Å². The summed E-state index contributed by atoms with van der Waals surface area (Å²) >= 11 is 0. The molecule has 0 unspecified atom stereocenters. The van der Waals surface area contributed by atoms with E-state index in [-0.39, 0.29) is 12.5 Å². The molecule has 4 heteroatoms. The van der Waals surface area contributed by atoms with E-state index in [1.165, 1.54) is 5.69 Å². The second-order valence-corrected chi connectivity index (χ2v) is 5.87. The highest BCUT2D eigenvalue weighted by Gasteiger charge is 2.15. The van der Waals surface area contributed by atoms with Crippen LogP contribution in [0.4, 0.5) is 5.69 Å². The number of anilines is 1. The van der Waals surface area contributed by atoms with Gasteiger partial charge in [0, 0.05) is 19.3 Å². The lowest BCUT2D eigenvalue weighted by atomic mass is 10.2. The van der Waals surface area contributed by atoms with Crippen molar-refractivity contribution in [1.29, 1.82) is 0 Å². The number of para-hydroxylation sites is 1. The Balaban J connectivity index is 2.12. The highest BCUT2D eigenvalue weighted by atomic mass is 16.6. The lowest BCUT2D eigenvalue weighted by Gasteiger charge is -2.20. The SMILES string of the molecule is CN(CCCNCC(=O)OC(C)(C)C)c1ccccc1. The van der Waals surface area contributed by atoms with Crippen molar-refractivity contribution in [2.45, 2.75) is 32.8 Å². The Bertz CT molecular complexity index is 399. The summed E-state index contributed by atoms with van der Waals surface area (Å²) in [4.78, 5) is 13.7. The Kier molecular flexibility index (Phi) is 6.52. The molecular formula is C16H26N2O2. The lowest BCUT2D eigenvalue weighted by Crippen LogP contribution is -2.32. The lowest BCUT2D eigenvalue weighted by molar-refractivity contribution is -0.153. The van der Waals surface area contributed by atoms with Crippen LogP contribution in [0.25, 0.3) is 0 Å². The largest absolute Gasteiger partial charge is 0.459 e. The van der Waals surface area contributed by atoms with Crippen molar-refractivity contribution in [3.63, 3.8) is 0 Å². The van der Waals surface area contributed by atoms with E-state index >= 15 is 0 Å². The van der Waals surface area contributed by atoms with Crippen LogP contribution in [0.1, 0.15) is 27.2 Å². The van der Waals surface area contributed by atoms with Crippen LogP contribution in [0.3, 0.4) is 0 Å². The number of benzene rings is 1. The number of hydrogen-bond donors (Lipinski definition) is 1. The maximum atomic E-state index is 11.5. The first-order valence-electron chi connectivity index (χ1n) is 7.07. The van der Waals surface area contributed by atoms with Gasteiger partial charge in [0.15, 0.2) is 0 Å². The zero-order valence-electron chi connectivity index (χ0n) is 13.0. The number of rotatable bonds is 7. The second-order valence-electron chi connectivity index (χ2n) is 5.87. The fraction of sp³-hybridized carbons (Fsp3) is 0.562. The molecule has 0 aliphatic heterocycles. The van der Waals surface area contributed by atoms with E-state index in [1.807, 2.05) is 39.0 Å². The minimum Gasteiger partial charge on any atom is -0.459 e. The van der Waals surface area contributed by atoms with Gasteiger partial charge >= 0.3 is 5.97 Å². The molecule has 0 amide bonds. The van der Waals surface area contributed by atoms with Crippen molar-refractivity contribution in [1.82, 2.24) is 5.32 Å². The van der Waals surface area contributed by atoms with Crippen LogP contribution >= 0.6 is 0 Å². The Labute approximate surface area is 122 Å². The number of carbonyl (C=O) groups is 1. The fourth-order valence-corrected chi connectivity index (χ4v) is 1.82. The van der Waals surface area contributed by atoms with Crippen molar-refractivity contribution in [3.05, 3.63) is 30.3 Å². The molecule has 20 heavy (non-hydrogen) atoms. The molecular weight excluding hydrogens is 252 g/mol. The van der Waals surface area contributed by atoms with Gasteiger partial charge in [-0.05, 0) is 45.9 Å². The molecule has 1 N–H and O–H groups in total. The third kappa shape index (κ3) is 7.14. The number of nitrogens with one attached hydrogen (secondary N) is 1.